The van der Waals surface area contributed by atoms with E-state index in [0.29, 0.717) is 16.9 Å². The van der Waals surface area contributed by atoms with Gasteiger partial charge in [-0.1, -0.05) is 26.1 Å². The maximum atomic E-state index is 13.3. The summed E-state index contributed by atoms with van der Waals surface area (Å²) in [6.45, 7) is 4.17. The Bertz CT molecular complexity index is 619. The first-order valence-electron chi connectivity index (χ1n) is 5.53. The van der Waals surface area contributed by atoms with Crippen LogP contribution in [0.4, 0.5) is 8.78 Å². The predicted octanol–water partition coefficient (Wildman–Crippen LogP) is 2.72. The molecule has 0 saturated carbocycles. The lowest BCUT2D eigenvalue weighted by molar-refractivity contribution is 0.510. The maximum absolute atomic E-state index is 13.3. The van der Waals surface area contributed by atoms with Crippen molar-refractivity contribution in [1.29, 1.82) is 0 Å². The minimum Gasteiger partial charge on any atom is -0.392 e. The van der Waals surface area contributed by atoms with Crippen molar-refractivity contribution in [3.05, 3.63) is 29.6 Å². The normalized spacial score (nSPS) is 11.4. The average Bonchev–Trinajstić information content (AvgIpc) is 2.57. The van der Waals surface area contributed by atoms with E-state index in [1.54, 1.807) is 4.57 Å². The van der Waals surface area contributed by atoms with Crippen LogP contribution < -0.4 is 5.73 Å². The number of nitrogens with two attached hydrogens (primary N) is 1. The molecule has 0 aliphatic carbocycles. The van der Waals surface area contributed by atoms with Gasteiger partial charge >= 0.3 is 0 Å². The Kier molecular flexibility index (Phi) is 3.30. The third-order valence-corrected chi connectivity index (χ3v) is 2.78. The molecule has 1 aromatic heterocycles. The summed E-state index contributed by atoms with van der Waals surface area (Å²) in [5.74, 6) is -0.986. The van der Waals surface area contributed by atoms with Crippen molar-refractivity contribution in [1.82, 2.24) is 9.55 Å². The van der Waals surface area contributed by atoms with E-state index < -0.39 is 11.6 Å². The van der Waals surface area contributed by atoms with Crippen molar-refractivity contribution in [2.45, 2.75) is 26.3 Å². The molecule has 0 aliphatic rings. The second-order valence-corrected chi connectivity index (χ2v) is 4.96. The van der Waals surface area contributed by atoms with E-state index in [4.69, 9.17) is 18.0 Å². The van der Waals surface area contributed by atoms with Crippen LogP contribution in [0.2, 0.25) is 0 Å². The molecule has 18 heavy (non-hydrogen) atoms. The van der Waals surface area contributed by atoms with E-state index in [1.807, 2.05) is 13.8 Å². The lowest BCUT2D eigenvalue weighted by Crippen LogP contribution is -2.18. The SMILES string of the molecule is CC(C)c1nc2cc(F)c(F)cc2n1CC(N)=S. The van der Waals surface area contributed by atoms with Gasteiger partial charge in [-0.05, 0) is 0 Å². The first-order chi connectivity index (χ1) is 8.40. The van der Waals surface area contributed by atoms with Crippen molar-refractivity contribution in [2.75, 3.05) is 0 Å². The van der Waals surface area contributed by atoms with Gasteiger partial charge in [0.1, 0.15) is 5.82 Å². The fourth-order valence-electron chi connectivity index (χ4n) is 1.90. The summed E-state index contributed by atoms with van der Waals surface area (Å²) in [6, 6.07) is 2.22. The van der Waals surface area contributed by atoms with Gasteiger partial charge < -0.3 is 10.3 Å². The van der Waals surface area contributed by atoms with Gasteiger partial charge in [0.05, 0.1) is 22.6 Å². The van der Waals surface area contributed by atoms with Crippen molar-refractivity contribution >= 4 is 28.2 Å². The number of halogens is 2. The number of hydrogen-bond acceptors (Lipinski definition) is 2. The van der Waals surface area contributed by atoms with E-state index in [-0.39, 0.29) is 17.5 Å². The molecule has 0 fully saturated rings. The summed E-state index contributed by atoms with van der Waals surface area (Å²) < 4.78 is 28.2. The minimum atomic E-state index is -0.905. The highest BCUT2D eigenvalue weighted by Crippen LogP contribution is 2.24. The van der Waals surface area contributed by atoms with Gasteiger partial charge in [-0.2, -0.15) is 0 Å². The molecular weight excluding hydrogens is 256 g/mol. The van der Waals surface area contributed by atoms with Crippen LogP contribution in [-0.2, 0) is 6.54 Å². The van der Waals surface area contributed by atoms with E-state index in [0.717, 1.165) is 12.1 Å². The molecule has 0 spiro atoms. The molecular formula is C12H13F2N3S. The molecule has 3 nitrogen and oxygen atoms in total. The molecule has 96 valence electrons. The van der Waals surface area contributed by atoms with Crippen LogP contribution in [0.3, 0.4) is 0 Å². The molecule has 1 heterocycles. The highest BCUT2D eigenvalue weighted by Gasteiger charge is 2.16. The topological polar surface area (TPSA) is 43.8 Å². The molecule has 2 rings (SSSR count). The summed E-state index contributed by atoms with van der Waals surface area (Å²) in [4.78, 5) is 4.59. The number of nitrogens with zero attached hydrogens (tertiary/aromatic N) is 2. The fourth-order valence-corrected chi connectivity index (χ4v) is 2.03. The van der Waals surface area contributed by atoms with E-state index in [2.05, 4.69) is 4.98 Å². The summed E-state index contributed by atoms with van der Waals surface area (Å²) >= 11 is 4.87. The summed E-state index contributed by atoms with van der Waals surface area (Å²) in [6.07, 6.45) is 0. The average molecular weight is 269 g/mol. The van der Waals surface area contributed by atoms with Crippen LogP contribution >= 0.6 is 12.2 Å². The number of aromatic nitrogens is 2. The van der Waals surface area contributed by atoms with Gasteiger partial charge in [-0.3, -0.25) is 0 Å². The number of imidazole rings is 1. The Hall–Kier alpha value is -1.56. The standard InChI is InChI=1S/C12H13F2N3S/c1-6(2)12-16-9-3-7(13)8(14)4-10(9)17(12)5-11(15)18/h3-4,6H,5H2,1-2H3,(H2,15,18). The quantitative estimate of drug-likeness (QED) is 0.871. The van der Waals surface area contributed by atoms with Crippen molar-refractivity contribution in [3.63, 3.8) is 0 Å². The predicted molar refractivity (Wildman–Crippen MR) is 70.5 cm³/mol. The van der Waals surface area contributed by atoms with E-state index >= 15 is 0 Å². The zero-order chi connectivity index (χ0) is 13.4. The second kappa shape index (κ2) is 4.61. The molecule has 0 unspecified atom stereocenters. The molecule has 2 N–H and O–H groups in total. The summed E-state index contributed by atoms with van der Waals surface area (Å²) in [7, 11) is 0. The van der Waals surface area contributed by atoms with Crippen LogP contribution in [0, 0.1) is 11.6 Å². The van der Waals surface area contributed by atoms with Crippen LogP contribution in [0.25, 0.3) is 11.0 Å². The van der Waals surface area contributed by atoms with Gasteiger partial charge in [0, 0.05) is 18.1 Å². The maximum Gasteiger partial charge on any atom is 0.161 e. The van der Waals surface area contributed by atoms with Crippen LogP contribution in [0.1, 0.15) is 25.6 Å². The third kappa shape index (κ3) is 2.20. The van der Waals surface area contributed by atoms with Gasteiger partial charge in [0.2, 0.25) is 0 Å². The van der Waals surface area contributed by atoms with Crippen molar-refractivity contribution < 1.29 is 8.78 Å². The van der Waals surface area contributed by atoms with Gasteiger partial charge in [-0.15, -0.1) is 0 Å². The Morgan fingerprint density at radius 3 is 2.56 bits per heavy atom. The highest BCUT2D eigenvalue weighted by atomic mass is 32.1. The van der Waals surface area contributed by atoms with Crippen LogP contribution in [0.15, 0.2) is 12.1 Å². The molecule has 1 aromatic carbocycles. The van der Waals surface area contributed by atoms with Crippen LogP contribution in [0.5, 0.6) is 0 Å². The smallest absolute Gasteiger partial charge is 0.161 e. The summed E-state index contributed by atoms with van der Waals surface area (Å²) in [5.41, 5.74) is 6.44. The minimum absolute atomic E-state index is 0.109. The van der Waals surface area contributed by atoms with Gasteiger partial charge in [-0.25, -0.2) is 13.8 Å². The number of thiocarbonyl (C=S) groups is 1. The Balaban J connectivity index is 2.72. The number of hydrogen-bond donors (Lipinski definition) is 1. The molecule has 0 atom stereocenters. The molecule has 6 heteroatoms. The molecule has 0 bridgehead atoms. The first kappa shape index (κ1) is 12.9. The number of benzene rings is 1. The highest BCUT2D eigenvalue weighted by molar-refractivity contribution is 7.80. The molecule has 0 aliphatic heterocycles. The van der Waals surface area contributed by atoms with E-state index in [9.17, 15) is 8.78 Å². The Morgan fingerprint density at radius 1 is 1.39 bits per heavy atom. The van der Waals surface area contributed by atoms with Gasteiger partial charge in [0.25, 0.3) is 0 Å². The largest absolute Gasteiger partial charge is 0.392 e. The van der Waals surface area contributed by atoms with Crippen LogP contribution in [-0.4, -0.2) is 14.5 Å². The lowest BCUT2D eigenvalue weighted by Gasteiger charge is -2.10. The van der Waals surface area contributed by atoms with Crippen molar-refractivity contribution in [2.24, 2.45) is 5.73 Å². The zero-order valence-corrected chi connectivity index (χ0v) is 10.9. The molecule has 2 aromatic rings. The third-order valence-electron chi connectivity index (χ3n) is 2.65. The number of fused-ring (bicyclic) bond motifs is 1. The molecule has 0 amide bonds. The van der Waals surface area contributed by atoms with E-state index in [1.165, 1.54) is 0 Å². The monoisotopic (exact) mass is 269 g/mol. The lowest BCUT2D eigenvalue weighted by atomic mass is 10.2. The number of rotatable bonds is 3. The first-order valence-corrected chi connectivity index (χ1v) is 5.94. The molecule has 0 saturated heterocycles. The Labute approximate surface area is 109 Å². The molecule has 0 radical (unpaired) electrons. The summed E-state index contributed by atoms with van der Waals surface area (Å²) in [5, 5.41) is 0. The Morgan fingerprint density at radius 2 is 2.00 bits per heavy atom. The van der Waals surface area contributed by atoms with Gasteiger partial charge in [0.15, 0.2) is 11.6 Å². The zero-order valence-electron chi connectivity index (χ0n) is 10.1. The fraction of sp³-hybridized carbons (Fsp3) is 0.333. The second-order valence-electron chi connectivity index (χ2n) is 4.43. The van der Waals surface area contributed by atoms with Crippen molar-refractivity contribution in [3.8, 4) is 0 Å².